The molecule has 0 bridgehead atoms. The number of nitrogens with two attached hydrogens (primary N) is 1. The predicted molar refractivity (Wildman–Crippen MR) is 86.3 cm³/mol. The molecule has 1 rings (SSSR count). The lowest BCUT2D eigenvalue weighted by molar-refractivity contribution is 0.324. The van der Waals surface area contributed by atoms with Crippen LogP contribution in [0.25, 0.3) is 0 Å². The molecule has 0 aliphatic heterocycles. The van der Waals surface area contributed by atoms with E-state index in [9.17, 15) is 0 Å². The molecule has 3 heteroatoms. The molecule has 0 spiro atoms. The Kier molecular flexibility index (Phi) is 8.40. The standard InChI is InChI=1S/C16H24N2S/c1-3-18(4-2)12-13-19-14-16-9-6-5-8-15(16)10-7-11-17/h5-6,8-9H,3-4,11-14,17H2,1-2H3. The van der Waals surface area contributed by atoms with Crippen molar-refractivity contribution in [3.05, 3.63) is 35.4 Å². The Bertz CT molecular complexity index is 416. The predicted octanol–water partition coefficient (Wildman–Crippen LogP) is 2.57. The van der Waals surface area contributed by atoms with Gasteiger partial charge in [-0.15, -0.1) is 0 Å². The molecule has 0 fully saturated rings. The molecule has 0 atom stereocenters. The fraction of sp³-hybridized carbons (Fsp3) is 0.500. The summed E-state index contributed by atoms with van der Waals surface area (Å²) in [4.78, 5) is 2.45. The average Bonchev–Trinajstić information content (AvgIpc) is 2.46. The van der Waals surface area contributed by atoms with E-state index in [1.54, 1.807) is 0 Å². The summed E-state index contributed by atoms with van der Waals surface area (Å²) in [5, 5.41) is 0. The number of hydrogen-bond donors (Lipinski definition) is 1. The van der Waals surface area contributed by atoms with Crippen LogP contribution in [0, 0.1) is 11.8 Å². The number of benzene rings is 1. The van der Waals surface area contributed by atoms with Crippen molar-refractivity contribution in [2.24, 2.45) is 5.73 Å². The first-order chi connectivity index (χ1) is 9.31. The van der Waals surface area contributed by atoms with Crippen molar-refractivity contribution in [3.63, 3.8) is 0 Å². The van der Waals surface area contributed by atoms with Gasteiger partial charge < -0.3 is 10.6 Å². The van der Waals surface area contributed by atoms with Crippen molar-refractivity contribution < 1.29 is 0 Å². The second-order valence-corrected chi connectivity index (χ2v) is 5.35. The topological polar surface area (TPSA) is 29.3 Å². The van der Waals surface area contributed by atoms with Gasteiger partial charge >= 0.3 is 0 Å². The van der Waals surface area contributed by atoms with E-state index in [1.165, 1.54) is 11.3 Å². The summed E-state index contributed by atoms with van der Waals surface area (Å²) in [6.45, 7) is 8.28. The van der Waals surface area contributed by atoms with Crippen LogP contribution < -0.4 is 5.73 Å². The minimum atomic E-state index is 0.420. The number of nitrogens with zero attached hydrogens (tertiary/aromatic N) is 1. The summed E-state index contributed by atoms with van der Waals surface area (Å²) in [5.74, 6) is 8.27. The molecule has 0 saturated carbocycles. The quantitative estimate of drug-likeness (QED) is 0.613. The molecule has 0 heterocycles. The Morgan fingerprint density at radius 3 is 2.63 bits per heavy atom. The molecule has 1 aromatic rings. The first-order valence-corrected chi connectivity index (χ1v) is 8.04. The SMILES string of the molecule is CCN(CC)CCSCc1ccccc1C#CCN. The first kappa shape index (κ1) is 16.1. The molecular formula is C16H24N2S. The Morgan fingerprint density at radius 2 is 1.95 bits per heavy atom. The highest BCUT2D eigenvalue weighted by atomic mass is 32.2. The van der Waals surface area contributed by atoms with Crippen LogP contribution in [-0.2, 0) is 5.75 Å². The molecule has 1 aromatic carbocycles. The van der Waals surface area contributed by atoms with Crippen molar-refractivity contribution >= 4 is 11.8 Å². The fourth-order valence-electron chi connectivity index (χ4n) is 1.83. The number of thioether (sulfide) groups is 1. The maximum absolute atomic E-state index is 5.43. The molecule has 2 N–H and O–H groups in total. The third-order valence-electron chi connectivity index (χ3n) is 3.05. The van der Waals surface area contributed by atoms with Crippen LogP contribution in [0.3, 0.4) is 0 Å². The Morgan fingerprint density at radius 1 is 1.21 bits per heavy atom. The summed E-state index contributed by atoms with van der Waals surface area (Å²) < 4.78 is 0. The van der Waals surface area contributed by atoms with Gasteiger partial charge in [0.05, 0.1) is 6.54 Å². The summed E-state index contributed by atoms with van der Waals surface area (Å²) in [5.41, 5.74) is 7.85. The van der Waals surface area contributed by atoms with Gasteiger partial charge in [0.2, 0.25) is 0 Å². The highest BCUT2D eigenvalue weighted by molar-refractivity contribution is 7.98. The summed E-state index contributed by atoms with van der Waals surface area (Å²) in [6.07, 6.45) is 0. The molecule has 0 amide bonds. The van der Waals surface area contributed by atoms with Gasteiger partial charge in [0.1, 0.15) is 0 Å². The molecule has 2 nitrogen and oxygen atoms in total. The van der Waals surface area contributed by atoms with Crippen molar-refractivity contribution in [2.75, 3.05) is 31.9 Å². The van der Waals surface area contributed by atoms with E-state index in [1.807, 2.05) is 17.8 Å². The van der Waals surface area contributed by atoms with Crippen LogP contribution in [0.15, 0.2) is 24.3 Å². The highest BCUT2D eigenvalue weighted by Crippen LogP contribution is 2.16. The van der Waals surface area contributed by atoms with E-state index >= 15 is 0 Å². The van der Waals surface area contributed by atoms with E-state index in [0.717, 1.165) is 31.0 Å². The van der Waals surface area contributed by atoms with Gasteiger partial charge in [0, 0.05) is 23.6 Å². The maximum Gasteiger partial charge on any atom is 0.0555 e. The van der Waals surface area contributed by atoms with Gasteiger partial charge in [-0.2, -0.15) is 11.8 Å². The van der Waals surface area contributed by atoms with Gasteiger partial charge in [-0.25, -0.2) is 0 Å². The van der Waals surface area contributed by atoms with Crippen LogP contribution in [0.5, 0.6) is 0 Å². The maximum atomic E-state index is 5.43. The van der Waals surface area contributed by atoms with E-state index in [2.05, 4.69) is 48.8 Å². The monoisotopic (exact) mass is 276 g/mol. The molecule has 0 aliphatic carbocycles. The first-order valence-electron chi connectivity index (χ1n) is 6.88. The van der Waals surface area contributed by atoms with Crippen LogP contribution >= 0.6 is 11.8 Å². The summed E-state index contributed by atoms with van der Waals surface area (Å²) >= 11 is 1.97. The zero-order valence-corrected chi connectivity index (χ0v) is 12.8. The van der Waals surface area contributed by atoms with Gasteiger partial charge in [-0.1, -0.05) is 43.9 Å². The van der Waals surface area contributed by atoms with Crippen molar-refractivity contribution in [2.45, 2.75) is 19.6 Å². The van der Waals surface area contributed by atoms with E-state index < -0.39 is 0 Å². The van der Waals surface area contributed by atoms with Crippen LogP contribution in [0.1, 0.15) is 25.0 Å². The third-order valence-corrected chi connectivity index (χ3v) is 4.03. The zero-order valence-electron chi connectivity index (χ0n) is 12.0. The molecule has 0 radical (unpaired) electrons. The highest BCUT2D eigenvalue weighted by Gasteiger charge is 2.01. The number of hydrogen-bond acceptors (Lipinski definition) is 3. The zero-order chi connectivity index (χ0) is 13.9. The number of rotatable bonds is 7. The second-order valence-electron chi connectivity index (χ2n) is 4.24. The van der Waals surface area contributed by atoms with E-state index in [-0.39, 0.29) is 0 Å². The van der Waals surface area contributed by atoms with Crippen molar-refractivity contribution in [1.82, 2.24) is 4.90 Å². The normalized spacial score (nSPS) is 10.3. The third kappa shape index (κ3) is 6.15. The Labute approximate surface area is 121 Å². The van der Waals surface area contributed by atoms with Crippen molar-refractivity contribution in [3.8, 4) is 11.8 Å². The Hall–Kier alpha value is -0.950. The molecule has 19 heavy (non-hydrogen) atoms. The lowest BCUT2D eigenvalue weighted by atomic mass is 10.1. The lowest BCUT2D eigenvalue weighted by Crippen LogP contribution is -2.25. The van der Waals surface area contributed by atoms with Gasteiger partial charge in [0.25, 0.3) is 0 Å². The molecule has 0 aliphatic rings. The molecular weight excluding hydrogens is 252 g/mol. The minimum Gasteiger partial charge on any atom is -0.320 e. The lowest BCUT2D eigenvalue weighted by Gasteiger charge is -2.17. The summed E-state index contributed by atoms with van der Waals surface area (Å²) in [6, 6.07) is 8.34. The molecule has 104 valence electrons. The molecule has 0 saturated heterocycles. The largest absolute Gasteiger partial charge is 0.320 e. The van der Waals surface area contributed by atoms with E-state index in [4.69, 9.17) is 5.73 Å². The Balaban J connectivity index is 2.45. The average molecular weight is 276 g/mol. The summed E-state index contributed by atoms with van der Waals surface area (Å²) in [7, 11) is 0. The van der Waals surface area contributed by atoms with Crippen LogP contribution in [-0.4, -0.2) is 36.8 Å². The van der Waals surface area contributed by atoms with Gasteiger partial charge in [-0.3, -0.25) is 0 Å². The fourth-order valence-corrected chi connectivity index (χ4v) is 2.83. The van der Waals surface area contributed by atoms with Crippen LogP contribution in [0.2, 0.25) is 0 Å². The van der Waals surface area contributed by atoms with Gasteiger partial charge in [-0.05, 0) is 24.7 Å². The minimum absolute atomic E-state index is 0.420. The molecule has 0 aromatic heterocycles. The molecule has 0 unspecified atom stereocenters. The van der Waals surface area contributed by atoms with E-state index in [0.29, 0.717) is 6.54 Å². The van der Waals surface area contributed by atoms with Crippen molar-refractivity contribution in [1.29, 1.82) is 0 Å². The van der Waals surface area contributed by atoms with Crippen LogP contribution in [0.4, 0.5) is 0 Å². The smallest absolute Gasteiger partial charge is 0.0555 e. The van der Waals surface area contributed by atoms with Gasteiger partial charge in [0.15, 0.2) is 0 Å². The second kappa shape index (κ2) is 9.91.